The highest BCUT2D eigenvalue weighted by Gasteiger charge is 2.27. The van der Waals surface area contributed by atoms with Gasteiger partial charge < -0.3 is 5.32 Å². The molecule has 0 aromatic heterocycles. The molecule has 0 unspecified atom stereocenters. The summed E-state index contributed by atoms with van der Waals surface area (Å²) < 4.78 is 54.9. The van der Waals surface area contributed by atoms with Crippen molar-refractivity contribution in [2.75, 3.05) is 23.1 Å². The SMILES string of the molecule is O=C(Nc1ccc(Cl)c(S(=O)(=O)Nc2ccccc2Cl)c1)c1ccc(S(=O)(=O)N2CCCC2)cc1. The third-order valence-corrected chi connectivity index (χ3v) is 9.51. The van der Waals surface area contributed by atoms with Gasteiger partial charge >= 0.3 is 0 Å². The van der Waals surface area contributed by atoms with Gasteiger partial charge in [0.05, 0.1) is 20.6 Å². The van der Waals surface area contributed by atoms with E-state index in [1.807, 2.05) is 0 Å². The summed E-state index contributed by atoms with van der Waals surface area (Å²) in [6.07, 6.45) is 1.65. The van der Waals surface area contributed by atoms with Crippen LogP contribution >= 0.6 is 23.2 Å². The number of rotatable bonds is 7. The van der Waals surface area contributed by atoms with E-state index in [1.54, 1.807) is 18.2 Å². The van der Waals surface area contributed by atoms with Gasteiger partial charge in [0, 0.05) is 24.3 Å². The molecule has 12 heteroatoms. The number of sulfonamides is 2. The maximum atomic E-state index is 12.9. The van der Waals surface area contributed by atoms with Crippen molar-refractivity contribution < 1.29 is 21.6 Å². The monoisotopic (exact) mass is 553 g/mol. The first-order valence-electron chi connectivity index (χ1n) is 10.6. The Bertz CT molecular complexity index is 1470. The van der Waals surface area contributed by atoms with E-state index in [-0.39, 0.29) is 36.8 Å². The first kappa shape index (κ1) is 25.5. The van der Waals surface area contributed by atoms with E-state index in [2.05, 4.69) is 10.0 Å². The van der Waals surface area contributed by atoms with Gasteiger partial charge in [-0.2, -0.15) is 4.31 Å². The fourth-order valence-corrected chi connectivity index (χ4v) is 6.95. The number of halogens is 2. The summed E-state index contributed by atoms with van der Waals surface area (Å²) in [5.74, 6) is -0.542. The summed E-state index contributed by atoms with van der Waals surface area (Å²) in [7, 11) is -7.70. The number of hydrogen-bond donors (Lipinski definition) is 2. The summed E-state index contributed by atoms with van der Waals surface area (Å²) >= 11 is 12.2. The second kappa shape index (κ2) is 10.2. The Morgan fingerprint density at radius 2 is 1.49 bits per heavy atom. The van der Waals surface area contributed by atoms with Gasteiger partial charge in [0.2, 0.25) is 10.0 Å². The van der Waals surface area contributed by atoms with Gasteiger partial charge in [-0.1, -0.05) is 35.3 Å². The maximum absolute atomic E-state index is 12.9. The highest BCUT2D eigenvalue weighted by molar-refractivity contribution is 7.92. The molecule has 184 valence electrons. The number of para-hydroxylation sites is 1. The minimum atomic E-state index is -4.11. The Morgan fingerprint density at radius 1 is 0.829 bits per heavy atom. The van der Waals surface area contributed by atoms with Crippen LogP contribution in [0.3, 0.4) is 0 Å². The van der Waals surface area contributed by atoms with E-state index < -0.39 is 26.0 Å². The number of amides is 1. The zero-order valence-corrected chi connectivity index (χ0v) is 21.4. The molecule has 3 aromatic carbocycles. The molecule has 8 nitrogen and oxygen atoms in total. The fourth-order valence-electron chi connectivity index (χ4n) is 3.59. The number of anilines is 2. The molecule has 4 rings (SSSR count). The fraction of sp³-hybridized carbons (Fsp3) is 0.174. The maximum Gasteiger partial charge on any atom is 0.263 e. The molecule has 0 saturated carbocycles. The van der Waals surface area contributed by atoms with Crippen LogP contribution in [0.25, 0.3) is 0 Å². The van der Waals surface area contributed by atoms with Crippen molar-refractivity contribution in [2.24, 2.45) is 0 Å². The molecule has 1 heterocycles. The second-order valence-electron chi connectivity index (χ2n) is 7.82. The molecule has 0 radical (unpaired) electrons. The Morgan fingerprint density at radius 3 is 2.14 bits per heavy atom. The lowest BCUT2D eigenvalue weighted by Crippen LogP contribution is -2.27. The van der Waals surface area contributed by atoms with Crippen LogP contribution in [-0.4, -0.2) is 40.1 Å². The molecule has 0 bridgehead atoms. The lowest BCUT2D eigenvalue weighted by atomic mass is 10.2. The predicted octanol–water partition coefficient (Wildman–Crippen LogP) is 4.83. The van der Waals surface area contributed by atoms with Crippen LogP contribution in [0.1, 0.15) is 23.2 Å². The minimum absolute atomic E-state index is 0.0426. The Balaban J connectivity index is 1.52. The highest BCUT2D eigenvalue weighted by Crippen LogP contribution is 2.29. The standard InChI is InChI=1S/C23H21Cl2N3O5S2/c24-19-5-1-2-6-21(19)27-34(30,31)22-15-17(9-12-20(22)25)26-23(29)16-7-10-18(11-8-16)35(32,33)28-13-3-4-14-28/h1-2,5-12,15,27H,3-4,13-14H2,(H,26,29). The van der Waals surface area contributed by atoms with Crippen molar-refractivity contribution >= 4 is 60.5 Å². The van der Waals surface area contributed by atoms with Gasteiger partial charge in [0.25, 0.3) is 15.9 Å². The molecule has 3 aromatic rings. The minimum Gasteiger partial charge on any atom is -0.322 e. The molecule has 1 saturated heterocycles. The van der Waals surface area contributed by atoms with Gasteiger partial charge in [-0.3, -0.25) is 9.52 Å². The molecule has 1 amide bonds. The molecule has 0 aliphatic carbocycles. The van der Waals surface area contributed by atoms with E-state index in [9.17, 15) is 21.6 Å². The first-order chi connectivity index (χ1) is 16.6. The number of nitrogens with one attached hydrogen (secondary N) is 2. The van der Waals surface area contributed by atoms with Crippen molar-refractivity contribution in [2.45, 2.75) is 22.6 Å². The van der Waals surface area contributed by atoms with E-state index in [0.717, 1.165) is 12.8 Å². The van der Waals surface area contributed by atoms with Crippen molar-refractivity contribution in [3.63, 3.8) is 0 Å². The Kier molecular flexibility index (Phi) is 7.39. The largest absolute Gasteiger partial charge is 0.322 e. The van der Waals surface area contributed by atoms with Crippen molar-refractivity contribution in [3.8, 4) is 0 Å². The van der Waals surface area contributed by atoms with E-state index in [1.165, 1.54) is 52.8 Å². The third-order valence-electron chi connectivity index (χ3n) is 5.42. The summed E-state index contributed by atoms with van der Waals surface area (Å²) in [6.45, 7) is 0.968. The molecule has 1 aliphatic rings. The number of carbonyl (C=O) groups is 1. The second-order valence-corrected chi connectivity index (χ2v) is 12.2. The van der Waals surface area contributed by atoms with Crippen molar-refractivity contribution in [1.82, 2.24) is 4.31 Å². The topological polar surface area (TPSA) is 113 Å². The Labute approximate surface area is 214 Å². The average Bonchev–Trinajstić information content (AvgIpc) is 3.38. The highest BCUT2D eigenvalue weighted by atomic mass is 35.5. The molecule has 0 atom stereocenters. The summed E-state index contributed by atoms with van der Waals surface area (Å²) in [5.41, 5.74) is 0.579. The van der Waals surface area contributed by atoms with Gasteiger partial charge in [-0.15, -0.1) is 0 Å². The van der Waals surface area contributed by atoms with Crippen molar-refractivity contribution in [3.05, 3.63) is 82.3 Å². The summed E-state index contributed by atoms with van der Waals surface area (Å²) in [4.78, 5) is 12.6. The van der Waals surface area contributed by atoms with Gasteiger partial charge in [-0.05, 0) is 67.4 Å². The number of benzene rings is 3. The normalized spacial score (nSPS) is 14.6. The van der Waals surface area contributed by atoms with Gasteiger partial charge in [-0.25, -0.2) is 16.8 Å². The number of nitrogens with zero attached hydrogens (tertiary/aromatic N) is 1. The van der Waals surface area contributed by atoms with Crippen molar-refractivity contribution in [1.29, 1.82) is 0 Å². The van der Waals surface area contributed by atoms with Gasteiger partial charge in [0.15, 0.2) is 0 Å². The van der Waals surface area contributed by atoms with E-state index in [4.69, 9.17) is 23.2 Å². The quantitative estimate of drug-likeness (QED) is 0.435. The van der Waals surface area contributed by atoms with E-state index in [0.29, 0.717) is 13.1 Å². The first-order valence-corrected chi connectivity index (χ1v) is 14.2. The van der Waals surface area contributed by atoms with Crippen LogP contribution in [0, 0.1) is 0 Å². The molecule has 0 spiro atoms. The van der Waals surface area contributed by atoms with Crippen LogP contribution in [-0.2, 0) is 20.0 Å². The average molecular weight is 554 g/mol. The summed E-state index contributed by atoms with van der Waals surface area (Å²) in [6, 6.07) is 16.0. The van der Waals surface area contributed by atoms with Crippen LogP contribution in [0.5, 0.6) is 0 Å². The molecular weight excluding hydrogens is 533 g/mol. The number of carbonyl (C=O) groups excluding carboxylic acids is 1. The lowest BCUT2D eigenvalue weighted by molar-refractivity contribution is 0.102. The summed E-state index contributed by atoms with van der Waals surface area (Å²) in [5, 5.41) is 2.78. The van der Waals surface area contributed by atoms with Crippen LogP contribution in [0.2, 0.25) is 10.0 Å². The number of hydrogen-bond acceptors (Lipinski definition) is 5. The smallest absolute Gasteiger partial charge is 0.263 e. The molecule has 1 fully saturated rings. The van der Waals surface area contributed by atoms with E-state index >= 15 is 0 Å². The molecule has 35 heavy (non-hydrogen) atoms. The van der Waals surface area contributed by atoms with Crippen LogP contribution < -0.4 is 10.0 Å². The lowest BCUT2D eigenvalue weighted by Gasteiger charge is -2.15. The van der Waals surface area contributed by atoms with Gasteiger partial charge in [0.1, 0.15) is 4.90 Å². The zero-order valence-electron chi connectivity index (χ0n) is 18.2. The predicted molar refractivity (Wildman–Crippen MR) is 136 cm³/mol. The molecule has 1 aliphatic heterocycles. The van der Waals surface area contributed by atoms with Crippen LogP contribution in [0.4, 0.5) is 11.4 Å². The molecular formula is C23H21Cl2N3O5S2. The Hall–Kier alpha value is -2.63. The molecule has 2 N–H and O–H groups in total. The van der Waals surface area contributed by atoms with Crippen LogP contribution in [0.15, 0.2) is 76.5 Å². The third kappa shape index (κ3) is 5.62. The zero-order chi connectivity index (χ0) is 25.2.